The summed E-state index contributed by atoms with van der Waals surface area (Å²) in [5.41, 5.74) is 8.15. The van der Waals surface area contributed by atoms with Crippen LogP contribution in [0.25, 0.3) is 0 Å². The lowest BCUT2D eigenvalue weighted by Gasteiger charge is -2.27. The first-order chi connectivity index (χ1) is 8.59. The topological polar surface area (TPSA) is 46.3 Å². The second-order valence-electron chi connectivity index (χ2n) is 5.28. The monoisotopic (exact) mass is 282 g/mol. The third-order valence-corrected chi connectivity index (χ3v) is 3.92. The van der Waals surface area contributed by atoms with Crippen molar-refractivity contribution in [1.29, 1.82) is 0 Å². The first-order valence-corrected chi connectivity index (χ1v) is 6.68. The molecule has 2 rings (SSSR count). The Morgan fingerprint density at radius 2 is 1.79 bits per heavy atom. The van der Waals surface area contributed by atoms with Gasteiger partial charge in [0.25, 0.3) is 0 Å². The minimum absolute atomic E-state index is 0. The van der Waals surface area contributed by atoms with Crippen molar-refractivity contribution in [3.05, 3.63) is 35.4 Å². The molecule has 1 unspecified atom stereocenters. The highest BCUT2D eigenvalue weighted by Crippen LogP contribution is 2.24. The molecule has 0 radical (unpaired) electrons. The fraction of sp³-hybridized carbons (Fsp3) is 0.533. The van der Waals surface area contributed by atoms with Crippen LogP contribution in [-0.4, -0.2) is 23.9 Å². The maximum absolute atomic E-state index is 12.3. The molecule has 0 saturated heterocycles. The van der Waals surface area contributed by atoms with Crippen LogP contribution in [0.4, 0.5) is 0 Å². The molecule has 1 aliphatic carbocycles. The average Bonchev–Trinajstić information content (AvgIpc) is 2.91. The number of likely N-dealkylation sites (N-methyl/N-ethyl adjacent to an activating group) is 1. The molecule has 0 bridgehead atoms. The van der Waals surface area contributed by atoms with Gasteiger partial charge in [-0.05, 0) is 25.3 Å². The number of hydrogen-bond acceptors (Lipinski definition) is 2. The number of amides is 1. The number of nitrogens with zero attached hydrogens (tertiary/aromatic N) is 1. The van der Waals surface area contributed by atoms with Gasteiger partial charge in [0.05, 0.1) is 0 Å². The molecule has 0 spiro atoms. The molecule has 0 aliphatic heterocycles. The molecule has 1 saturated carbocycles. The zero-order valence-corrected chi connectivity index (χ0v) is 12.5. The van der Waals surface area contributed by atoms with Crippen molar-refractivity contribution < 1.29 is 4.79 Å². The number of aryl methyl sites for hydroxylation is 1. The SMILES string of the molecule is Cc1ccc(C(N)C(=O)N(C)C2CCCC2)cc1.Cl. The molecule has 19 heavy (non-hydrogen) atoms. The van der Waals surface area contributed by atoms with Gasteiger partial charge < -0.3 is 10.6 Å². The minimum atomic E-state index is -0.531. The highest BCUT2D eigenvalue weighted by Gasteiger charge is 2.27. The number of benzene rings is 1. The van der Waals surface area contributed by atoms with Gasteiger partial charge in [-0.3, -0.25) is 4.79 Å². The summed E-state index contributed by atoms with van der Waals surface area (Å²) < 4.78 is 0. The second kappa shape index (κ2) is 6.92. The zero-order valence-electron chi connectivity index (χ0n) is 11.6. The summed E-state index contributed by atoms with van der Waals surface area (Å²) in [6, 6.07) is 7.74. The van der Waals surface area contributed by atoms with E-state index in [4.69, 9.17) is 5.73 Å². The van der Waals surface area contributed by atoms with Gasteiger partial charge in [-0.25, -0.2) is 0 Å². The van der Waals surface area contributed by atoms with Gasteiger partial charge in [0.1, 0.15) is 6.04 Å². The van der Waals surface area contributed by atoms with E-state index >= 15 is 0 Å². The number of rotatable bonds is 3. The zero-order chi connectivity index (χ0) is 13.1. The average molecular weight is 283 g/mol. The van der Waals surface area contributed by atoms with Crippen molar-refractivity contribution in [2.45, 2.75) is 44.7 Å². The Hall–Kier alpha value is -1.06. The van der Waals surface area contributed by atoms with Gasteiger partial charge in [-0.1, -0.05) is 42.7 Å². The van der Waals surface area contributed by atoms with Crippen molar-refractivity contribution >= 4 is 18.3 Å². The molecule has 3 nitrogen and oxygen atoms in total. The Morgan fingerprint density at radius 1 is 1.26 bits per heavy atom. The molecular formula is C15H23ClN2O. The molecule has 2 N–H and O–H groups in total. The highest BCUT2D eigenvalue weighted by molar-refractivity contribution is 5.85. The van der Waals surface area contributed by atoms with Crippen LogP contribution in [0.15, 0.2) is 24.3 Å². The second-order valence-corrected chi connectivity index (χ2v) is 5.28. The maximum Gasteiger partial charge on any atom is 0.244 e. The van der Waals surface area contributed by atoms with Crippen LogP contribution in [0.1, 0.15) is 42.9 Å². The third-order valence-electron chi connectivity index (χ3n) is 3.92. The summed E-state index contributed by atoms with van der Waals surface area (Å²) in [6.07, 6.45) is 4.68. The molecule has 1 aliphatic rings. The summed E-state index contributed by atoms with van der Waals surface area (Å²) in [6.45, 7) is 2.03. The normalized spacial score (nSPS) is 16.8. The standard InChI is InChI=1S/C15H22N2O.ClH/c1-11-7-9-12(10-8-11)14(16)15(18)17(2)13-5-3-4-6-13;/h7-10,13-14H,3-6,16H2,1-2H3;1H. The molecule has 0 aromatic heterocycles. The van der Waals surface area contributed by atoms with Gasteiger partial charge in [-0.15, -0.1) is 12.4 Å². The lowest BCUT2D eigenvalue weighted by Crippen LogP contribution is -2.41. The molecule has 1 amide bonds. The Labute approximate surface area is 121 Å². The van der Waals surface area contributed by atoms with E-state index in [0.29, 0.717) is 6.04 Å². The molecule has 1 fully saturated rings. The predicted octanol–water partition coefficient (Wildman–Crippen LogP) is 2.82. The Balaban J connectivity index is 0.00000180. The van der Waals surface area contributed by atoms with Crippen LogP contribution in [0.5, 0.6) is 0 Å². The van der Waals surface area contributed by atoms with Crippen LogP contribution in [0.2, 0.25) is 0 Å². The van der Waals surface area contributed by atoms with Crippen LogP contribution < -0.4 is 5.73 Å². The smallest absolute Gasteiger partial charge is 0.244 e. The molecule has 1 aromatic carbocycles. The van der Waals surface area contributed by atoms with Gasteiger partial charge in [0, 0.05) is 13.1 Å². The van der Waals surface area contributed by atoms with Crippen LogP contribution in [0.3, 0.4) is 0 Å². The number of carbonyl (C=O) groups is 1. The Bertz CT molecular complexity index is 413. The van der Waals surface area contributed by atoms with Gasteiger partial charge in [0.15, 0.2) is 0 Å². The minimum Gasteiger partial charge on any atom is -0.341 e. The first-order valence-electron chi connectivity index (χ1n) is 6.68. The van der Waals surface area contributed by atoms with Crippen molar-refractivity contribution in [3.63, 3.8) is 0 Å². The van der Waals surface area contributed by atoms with Crippen molar-refractivity contribution in [1.82, 2.24) is 4.90 Å². The number of hydrogen-bond donors (Lipinski definition) is 1. The van der Waals surface area contributed by atoms with E-state index in [2.05, 4.69) is 0 Å². The maximum atomic E-state index is 12.3. The Kier molecular flexibility index (Phi) is 5.83. The van der Waals surface area contributed by atoms with E-state index in [1.54, 1.807) is 0 Å². The van der Waals surface area contributed by atoms with Crippen molar-refractivity contribution in [2.24, 2.45) is 5.73 Å². The quantitative estimate of drug-likeness (QED) is 0.927. The Morgan fingerprint density at radius 3 is 2.32 bits per heavy atom. The first kappa shape index (κ1) is 16.0. The van der Waals surface area contributed by atoms with E-state index in [1.807, 2.05) is 43.1 Å². The molecule has 0 heterocycles. The largest absolute Gasteiger partial charge is 0.341 e. The lowest BCUT2D eigenvalue weighted by atomic mass is 10.0. The summed E-state index contributed by atoms with van der Waals surface area (Å²) in [4.78, 5) is 14.2. The molecule has 1 atom stereocenters. The van der Waals surface area contributed by atoms with E-state index in [-0.39, 0.29) is 18.3 Å². The van der Waals surface area contributed by atoms with E-state index < -0.39 is 6.04 Å². The molecule has 1 aromatic rings. The lowest BCUT2D eigenvalue weighted by molar-refractivity contribution is -0.133. The van der Waals surface area contributed by atoms with E-state index in [0.717, 1.165) is 18.4 Å². The third kappa shape index (κ3) is 3.71. The number of nitrogens with two attached hydrogens (primary N) is 1. The summed E-state index contributed by atoms with van der Waals surface area (Å²) in [5.74, 6) is 0.0331. The predicted molar refractivity (Wildman–Crippen MR) is 80.4 cm³/mol. The molecule has 4 heteroatoms. The molecular weight excluding hydrogens is 260 g/mol. The van der Waals surface area contributed by atoms with E-state index in [1.165, 1.54) is 18.4 Å². The summed E-state index contributed by atoms with van der Waals surface area (Å²) in [5, 5.41) is 0. The van der Waals surface area contributed by atoms with Gasteiger partial charge >= 0.3 is 0 Å². The summed E-state index contributed by atoms with van der Waals surface area (Å²) >= 11 is 0. The highest BCUT2D eigenvalue weighted by atomic mass is 35.5. The number of halogens is 1. The fourth-order valence-electron chi connectivity index (χ4n) is 2.61. The van der Waals surface area contributed by atoms with Crippen LogP contribution in [0, 0.1) is 6.92 Å². The fourth-order valence-corrected chi connectivity index (χ4v) is 2.61. The van der Waals surface area contributed by atoms with Gasteiger partial charge in [-0.2, -0.15) is 0 Å². The van der Waals surface area contributed by atoms with Crippen molar-refractivity contribution in [3.8, 4) is 0 Å². The molecule has 106 valence electrons. The van der Waals surface area contributed by atoms with Crippen LogP contribution >= 0.6 is 12.4 Å². The van der Waals surface area contributed by atoms with Gasteiger partial charge in [0.2, 0.25) is 5.91 Å². The van der Waals surface area contributed by atoms with Crippen LogP contribution in [-0.2, 0) is 4.79 Å². The van der Waals surface area contributed by atoms with E-state index in [9.17, 15) is 4.79 Å². The van der Waals surface area contributed by atoms with Crippen molar-refractivity contribution in [2.75, 3.05) is 7.05 Å². The number of carbonyl (C=O) groups excluding carboxylic acids is 1. The summed E-state index contributed by atoms with van der Waals surface area (Å²) in [7, 11) is 1.88.